The van der Waals surface area contributed by atoms with Crippen LogP contribution in [-0.2, 0) is 16.0 Å². The van der Waals surface area contributed by atoms with Gasteiger partial charge in [-0.05, 0) is 12.1 Å². The second kappa shape index (κ2) is 5.71. The van der Waals surface area contributed by atoms with E-state index in [2.05, 4.69) is 0 Å². The molecule has 2 heterocycles. The molecule has 0 aromatic carbocycles. The van der Waals surface area contributed by atoms with Crippen molar-refractivity contribution in [2.24, 2.45) is 0 Å². The molecular weight excluding hydrogens is 232 g/mol. The zero-order valence-corrected chi connectivity index (χ0v) is 10.6. The van der Waals surface area contributed by atoms with Crippen molar-refractivity contribution in [2.45, 2.75) is 19.8 Å². The van der Waals surface area contributed by atoms with Gasteiger partial charge in [0.05, 0.1) is 6.26 Å². The Morgan fingerprint density at radius 2 is 1.89 bits per heavy atom. The van der Waals surface area contributed by atoms with Crippen molar-refractivity contribution in [3.63, 3.8) is 0 Å². The van der Waals surface area contributed by atoms with Crippen LogP contribution < -0.4 is 0 Å². The molecule has 0 saturated carbocycles. The number of aryl methyl sites for hydroxylation is 1. The molecule has 1 aromatic rings. The van der Waals surface area contributed by atoms with Crippen molar-refractivity contribution in [1.82, 2.24) is 9.80 Å². The summed E-state index contributed by atoms with van der Waals surface area (Å²) in [7, 11) is 0. The number of rotatable bonds is 3. The highest BCUT2D eigenvalue weighted by atomic mass is 16.3. The second-order valence-electron chi connectivity index (χ2n) is 4.47. The van der Waals surface area contributed by atoms with E-state index in [1.165, 1.54) is 0 Å². The van der Waals surface area contributed by atoms with Crippen LogP contribution in [0.4, 0.5) is 0 Å². The first-order chi connectivity index (χ1) is 8.66. The summed E-state index contributed by atoms with van der Waals surface area (Å²) < 4.78 is 5.20. The standard InChI is InChI=1S/C13H18N2O3/c1-11(16)14-6-8-15(9-7-14)13(17)5-4-12-3-2-10-18-12/h2-3,10H,4-9H2,1H3. The lowest BCUT2D eigenvalue weighted by Gasteiger charge is -2.34. The molecule has 5 nitrogen and oxygen atoms in total. The summed E-state index contributed by atoms with van der Waals surface area (Å²) >= 11 is 0. The highest BCUT2D eigenvalue weighted by Gasteiger charge is 2.21. The highest BCUT2D eigenvalue weighted by molar-refractivity contribution is 5.77. The molecule has 1 saturated heterocycles. The highest BCUT2D eigenvalue weighted by Crippen LogP contribution is 2.08. The van der Waals surface area contributed by atoms with Gasteiger partial charge in [-0.1, -0.05) is 0 Å². The molecule has 18 heavy (non-hydrogen) atoms. The number of nitrogens with zero attached hydrogens (tertiary/aromatic N) is 2. The Kier molecular flexibility index (Phi) is 4.02. The van der Waals surface area contributed by atoms with Crippen LogP contribution in [0.3, 0.4) is 0 Å². The predicted molar refractivity (Wildman–Crippen MR) is 65.9 cm³/mol. The Balaban J connectivity index is 1.75. The van der Waals surface area contributed by atoms with Crippen molar-refractivity contribution in [1.29, 1.82) is 0 Å². The Morgan fingerprint density at radius 1 is 1.22 bits per heavy atom. The van der Waals surface area contributed by atoms with Crippen LogP contribution in [0.15, 0.2) is 22.8 Å². The van der Waals surface area contributed by atoms with Gasteiger partial charge in [0.1, 0.15) is 5.76 Å². The molecule has 1 aliphatic rings. The van der Waals surface area contributed by atoms with E-state index in [1.54, 1.807) is 18.1 Å². The molecule has 1 aliphatic heterocycles. The number of carbonyl (C=O) groups excluding carboxylic acids is 2. The molecular formula is C13H18N2O3. The van der Waals surface area contributed by atoms with E-state index in [0.29, 0.717) is 39.0 Å². The molecule has 0 spiro atoms. The monoisotopic (exact) mass is 250 g/mol. The van der Waals surface area contributed by atoms with Crippen LogP contribution in [-0.4, -0.2) is 47.8 Å². The number of furan rings is 1. The molecule has 1 aromatic heterocycles. The molecule has 0 bridgehead atoms. The maximum absolute atomic E-state index is 12.0. The smallest absolute Gasteiger partial charge is 0.223 e. The van der Waals surface area contributed by atoms with Crippen molar-refractivity contribution in [2.75, 3.05) is 26.2 Å². The lowest BCUT2D eigenvalue weighted by Crippen LogP contribution is -2.50. The third-order valence-electron chi connectivity index (χ3n) is 3.24. The first kappa shape index (κ1) is 12.7. The Morgan fingerprint density at radius 3 is 2.44 bits per heavy atom. The Labute approximate surface area is 106 Å². The zero-order valence-electron chi connectivity index (χ0n) is 10.6. The third kappa shape index (κ3) is 3.12. The van der Waals surface area contributed by atoms with Gasteiger partial charge in [0, 0.05) is 45.9 Å². The first-order valence-corrected chi connectivity index (χ1v) is 6.22. The summed E-state index contributed by atoms with van der Waals surface area (Å²) in [6, 6.07) is 3.70. The van der Waals surface area contributed by atoms with Gasteiger partial charge in [-0.15, -0.1) is 0 Å². The van der Waals surface area contributed by atoms with E-state index in [1.807, 2.05) is 17.0 Å². The lowest BCUT2D eigenvalue weighted by molar-refractivity contribution is -0.138. The van der Waals surface area contributed by atoms with Gasteiger partial charge in [0.25, 0.3) is 0 Å². The lowest BCUT2D eigenvalue weighted by atomic mass is 10.2. The summed E-state index contributed by atoms with van der Waals surface area (Å²) in [5.74, 6) is 1.05. The van der Waals surface area contributed by atoms with Gasteiger partial charge >= 0.3 is 0 Å². The number of amides is 2. The minimum Gasteiger partial charge on any atom is -0.469 e. The maximum atomic E-state index is 12.0. The third-order valence-corrected chi connectivity index (χ3v) is 3.24. The largest absolute Gasteiger partial charge is 0.469 e. The van der Waals surface area contributed by atoms with E-state index in [4.69, 9.17) is 4.42 Å². The molecule has 5 heteroatoms. The normalized spacial score (nSPS) is 15.8. The van der Waals surface area contributed by atoms with Crippen molar-refractivity contribution < 1.29 is 14.0 Å². The average Bonchev–Trinajstić information content (AvgIpc) is 2.89. The van der Waals surface area contributed by atoms with E-state index >= 15 is 0 Å². The van der Waals surface area contributed by atoms with Crippen molar-refractivity contribution >= 4 is 11.8 Å². The van der Waals surface area contributed by atoms with E-state index < -0.39 is 0 Å². The predicted octanol–water partition coefficient (Wildman–Crippen LogP) is 0.903. The molecule has 2 rings (SSSR count). The van der Waals surface area contributed by atoms with E-state index in [0.717, 1.165) is 5.76 Å². The fourth-order valence-corrected chi connectivity index (χ4v) is 2.11. The molecule has 2 amide bonds. The average molecular weight is 250 g/mol. The summed E-state index contributed by atoms with van der Waals surface area (Å²) in [5.41, 5.74) is 0. The molecule has 0 N–H and O–H groups in total. The summed E-state index contributed by atoms with van der Waals surface area (Å²) in [6.07, 6.45) is 2.72. The van der Waals surface area contributed by atoms with E-state index in [-0.39, 0.29) is 11.8 Å². The second-order valence-corrected chi connectivity index (χ2v) is 4.47. The quantitative estimate of drug-likeness (QED) is 0.801. The summed E-state index contributed by atoms with van der Waals surface area (Å²) in [4.78, 5) is 26.7. The van der Waals surface area contributed by atoms with Gasteiger partial charge in [0.2, 0.25) is 11.8 Å². The van der Waals surface area contributed by atoms with Crippen LogP contribution in [0, 0.1) is 0 Å². The van der Waals surface area contributed by atoms with Gasteiger partial charge in [-0.25, -0.2) is 0 Å². The first-order valence-electron chi connectivity index (χ1n) is 6.22. The van der Waals surface area contributed by atoms with Crippen LogP contribution in [0.2, 0.25) is 0 Å². The fourth-order valence-electron chi connectivity index (χ4n) is 2.11. The summed E-state index contributed by atoms with van der Waals surface area (Å²) in [6.45, 7) is 4.12. The molecule has 0 unspecified atom stereocenters. The number of hydrogen-bond acceptors (Lipinski definition) is 3. The Hall–Kier alpha value is -1.78. The van der Waals surface area contributed by atoms with Crippen LogP contribution in [0.5, 0.6) is 0 Å². The van der Waals surface area contributed by atoms with Crippen LogP contribution in [0.25, 0.3) is 0 Å². The molecule has 1 fully saturated rings. The number of carbonyl (C=O) groups is 2. The molecule has 98 valence electrons. The number of piperazine rings is 1. The van der Waals surface area contributed by atoms with Gasteiger partial charge in [-0.2, -0.15) is 0 Å². The van der Waals surface area contributed by atoms with Gasteiger partial charge in [-0.3, -0.25) is 9.59 Å². The fraction of sp³-hybridized carbons (Fsp3) is 0.538. The van der Waals surface area contributed by atoms with Crippen LogP contribution >= 0.6 is 0 Å². The molecule has 0 radical (unpaired) electrons. The van der Waals surface area contributed by atoms with Crippen molar-refractivity contribution in [3.05, 3.63) is 24.2 Å². The van der Waals surface area contributed by atoms with Gasteiger partial charge in [0.15, 0.2) is 0 Å². The zero-order chi connectivity index (χ0) is 13.0. The summed E-state index contributed by atoms with van der Waals surface area (Å²) in [5, 5.41) is 0. The maximum Gasteiger partial charge on any atom is 0.223 e. The van der Waals surface area contributed by atoms with Gasteiger partial charge < -0.3 is 14.2 Å². The minimum absolute atomic E-state index is 0.0812. The molecule has 0 aliphatic carbocycles. The molecule has 0 atom stereocenters. The van der Waals surface area contributed by atoms with E-state index in [9.17, 15) is 9.59 Å². The SMILES string of the molecule is CC(=O)N1CCN(C(=O)CCc2ccco2)CC1. The number of hydrogen-bond donors (Lipinski definition) is 0. The Bertz CT molecular complexity index is 406. The minimum atomic E-state index is 0.0812. The van der Waals surface area contributed by atoms with Crippen molar-refractivity contribution in [3.8, 4) is 0 Å². The topological polar surface area (TPSA) is 53.8 Å². The van der Waals surface area contributed by atoms with Crippen LogP contribution in [0.1, 0.15) is 19.1 Å².